The number of benzene rings is 1. The van der Waals surface area contributed by atoms with Crippen LogP contribution in [0, 0.1) is 5.82 Å². The van der Waals surface area contributed by atoms with Crippen molar-refractivity contribution in [2.45, 2.75) is 0 Å². The molecule has 0 saturated carbocycles. The van der Waals surface area contributed by atoms with Crippen LogP contribution in [0.25, 0.3) is 44.5 Å². The molecule has 1 aliphatic rings. The third-order valence-electron chi connectivity index (χ3n) is 6.36. The highest BCUT2D eigenvalue weighted by atomic mass is 35.5. The van der Waals surface area contributed by atoms with Gasteiger partial charge in [0, 0.05) is 78.1 Å². The van der Waals surface area contributed by atoms with Gasteiger partial charge >= 0.3 is 0 Å². The molecule has 0 atom stereocenters. The molecule has 0 radical (unpaired) electrons. The maximum absolute atomic E-state index is 14.7. The standard InChI is InChI=1S/C28H22ClFN6/c29-21-3-4-25(30)24(14-21)26-15-23(22-2-1-6-34-28(22)35-26)20-12-19(16-32-17-20)18-5-7-33-27(13-18)36-10-8-31-9-11-36/h1-7,12-17,31H,8-11H2. The van der Waals surface area contributed by atoms with Crippen molar-refractivity contribution in [1.82, 2.24) is 25.3 Å². The fourth-order valence-corrected chi connectivity index (χ4v) is 4.71. The predicted molar refractivity (Wildman–Crippen MR) is 141 cm³/mol. The third-order valence-corrected chi connectivity index (χ3v) is 6.59. The minimum absolute atomic E-state index is 0.329. The molecule has 4 aromatic heterocycles. The molecule has 1 fully saturated rings. The molecule has 1 aromatic carbocycles. The second-order valence-corrected chi connectivity index (χ2v) is 9.09. The number of piperazine rings is 1. The Bertz CT molecular complexity index is 1570. The van der Waals surface area contributed by atoms with Gasteiger partial charge in [-0.05, 0) is 65.7 Å². The summed E-state index contributed by atoms with van der Waals surface area (Å²) >= 11 is 6.17. The molecule has 6 nitrogen and oxygen atoms in total. The number of rotatable bonds is 4. The van der Waals surface area contributed by atoms with Crippen molar-refractivity contribution in [1.29, 1.82) is 0 Å². The van der Waals surface area contributed by atoms with Gasteiger partial charge in [-0.15, -0.1) is 0 Å². The number of nitrogens with one attached hydrogen (secondary N) is 1. The molecular formula is C28H22ClFN6. The summed E-state index contributed by atoms with van der Waals surface area (Å²) in [5, 5.41) is 4.68. The molecule has 1 aliphatic heterocycles. The summed E-state index contributed by atoms with van der Waals surface area (Å²) in [5.74, 6) is 0.564. The molecule has 1 saturated heterocycles. The largest absolute Gasteiger partial charge is 0.354 e. The van der Waals surface area contributed by atoms with Crippen LogP contribution in [-0.4, -0.2) is 46.1 Å². The van der Waals surface area contributed by atoms with Gasteiger partial charge in [0.05, 0.1) is 5.69 Å². The van der Waals surface area contributed by atoms with E-state index in [0.717, 1.165) is 59.6 Å². The Hall–Kier alpha value is -3.94. The van der Waals surface area contributed by atoms with Crippen molar-refractivity contribution in [2.24, 2.45) is 0 Å². The number of hydrogen-bond donors (Lipinski definition) is 1. The monoisotopic (exact) mass is 496 g/mol. The van der Waals surface area contributed by atoms with Gasteiger partial charge in [0.15, 0.2) is 5.65 Å². The minimum Gasteiger partial charge on any atom is -0.354 e. The first-order valence-corrected chi connectivity index (χ1v) is 12.1. The average molecular weight is 497 g/mol. The number of nitrogens with zero attached hydrogens (tertiary/aromatic N) is 5. The van der Waals surface area contributed by atoms with Crippen LogP contribution in [0.3, 0.4) is 0 Å². The van der Waals surface area contributed by atoms with Gasteiger partial charge in [0.25, 0.3) is 0 Å². The number of anilines is 1. The number of aromatic nitrogens is 4. The Labute approximate surface area is 212 Å². The summed E-state index contributed by atoms with van der Waals surface area (Å²) < 4.78 is 14.7. The Kier molecular flexibility index (Phi) is 6.01. The molecule has 36 heavy (non-hydrogen) atoms. The van der Waals surface area contributed by atoms with Gasteiger partial charge in [-0.2, -0.15) is 0 Å². The van der Waals surface area contributed by atoms with Crippen LogP contribution >= 0.6 is 11.6 Å². The van der Waals surface area contributed by atoms with E-state index in [1.54, 1.807) is 12.3 Å². The molecule has 1 N–H and O–H groups in total. The fraction of sp³-hybridized carbons (Fsp3) is 0.143. The quantitative estimate of drug-likeness (QED) is 0.348. The molecular weight excluding hydrogens is 475 g/mol. The van der Waals surface area contributed by atoms with Crippen molar-refractivity contribution >= 4 is 28.5 Å². The number of pyridine rings is 4. The fourth-order valence-electron chi connectivity index (χ4n) is 4.54. The topological polar surface area (TPSA) is 66.8 Å². The lowest BCUT2D eigenvalue weighted by atomic mass is 9.98. The van der Waals surface area contributed by atoms with E-state index in [0.29, 0.717) is 21.9 Å². The molecule has 0 spiro atoms. The third kappa shape index (κ3) is 4.39. The predicted octanol–water partition coefficient (Wildman–Crippen LogP) is 5.62. The molecule has 5 heterocycles. The van der Waals surface area contributed by atoms with Gasteiger partial charge in [-0.25, -0.2) is 19.3 Å². The molecule has 0 bridgehead atoms. The van der Waals surface area contributed by atoms with Gasteiger partial charge in [-0.3, -0.25) is 4.98 Å². The zero-order valence-electron chi connectivity index (χ0n) is 19.3. The minimum atomic E-state index is -0.391. The highest BCUT2D eigenvalue weighted by Gasteiger charge is 2.16. The van der Waals surface area contributed by atoms with E-state index < -0.39 is 5.82 Å². The molecule has 6 rings (SSSR count). The van der Waals surface area contributed by atoms with Crippen LogP contribution in [-0.2, 0) is 0 Å². The number of fused-ring (bicyclic) bond motifs is 1. The first-order valence-electron chi connectivity index (χ1n) is 11.7. The molecule has 5 aromatic rings. The average Bonchev–Trinajstić information content (AvgIpc) is 2.94. The number of hydrogen-bond acceptors (Lipinski definition) is 6. The van der Waals surface area contributed by atoms with Crippen molar-refractivity contribution in [3.63, 3.8) is 0 Å². The van der Waals surface area contributed by atoms with Crippen LogP contribution in [0.4, 0.5) is 10.2 Å². The van der Waals surface area contributed by atoms with Crippen LogP contribution < -0.4 is 10.2 Å². The van der Waals surface area contributed by atoms with Crippen LogP contribution in [0.1, 0.15) is 0 Å². The normalized spacial score (nSPS) is 13.8. The Morgan fingerprint density at radius 3 is 2.58 bits per heavy atom. The van der Waals surface area contributed by atoms with Crippen LogP contribution in [0.2, 0.25) is 5.02 Å². The van der Waals surface area contributed by atoms with Crippen LogP contribution in [0.15, 0.2) is 79.4 Å². The summed E-state index contributed by atoms with van der Waals surface area (Å²) in [4.78, 5) is 20.5. The van der Waals surface area contributed by atoms with Crippen molar-refractivity contribution in [3.05, 3.63) is 90.2 Å². The van der Waals surface area contributed by atoms with Crippen molar-refractivity contribution < 1.29 is 4.39 Å². The van der Waals surface area contributed by atoms with E-state index in [4.69, 9.17) is 11.6 Å². The Morgan fingerprint density at radius 1 is 0.833 bits per heavy atom. The van der Waals surface area contributed by atoms with E-state index in [1.807, 2.05) is 42.9 Å². The zero-order chi connectivity index (χ0) is 24.5. The lowest BCUT2D eigenvalue weighted by molar-refractivity contribution is 0.585. The van der Waals surface area contributed by atoms with Gasteiger partial charge in [0.2, 0.25) is 0 Å². The van der Waals surface area contributed by atoms with Gasteiger partial charge < -0.3 is 10.2 Å². The second-order valence-electron chi connectivity index (χ2n) is 8.66. The summed E-state index contributed by atoms with van der Waals surface area (Å²) in [6.45, 7) is 3.74. The molecule has 8 heteroatoms. The van der Waals surface area contributed by atoms with E-state index in [2.05, 4.69) is 42.3 Å². The Balaban J connectivity index is 1.46. The van der Waals surface area contributed by atoms with Crippen molar-refractivity contribution in [3.8, 4) is 33.5 Å². The number of halogens is 2. The molecule has 0 amide bonds. The highest BCUT2D eigenvalue weighted by Crippen LogP contribution is 2.34. The highest BCUT2D eigenvalue weighted by molar-refractivity contribution is 6.30. The van der Waals surface area contributed by atoms with E-state index in [1.165, 1.54) is 12.1 Å². The Morgan fingerprint density at radius 2 is 1.69 bits per heavy atom. The van der Waals surface area contributed by atoms with Crippen LogP contribution in [0.5, 0.6) is 0 Å². The zero-order valence-corrected chi connectivity index (χ0v) is 20.1. The van der Waals surface area contributed by atoms with E-state index in [-0.39, 0.29) is 0 Å². The summed E-state index contributed by atoms with van der Waals surface area (Å²) in [6.07, 6.45) is 7.17. The van der Waals surface area contributed by atoms with E-state index >= 15 is 0 Å². The SMILES string of the molecule is Fc1ccc(Cl)cc1-c1cc(-c2cncc(-c3ccnc(N4CCNCC4)c3)c2)c2cccnc2n1. The van der Waals surface area contributed by atoms with Crippen molar-refractivity contribution in [2.75, 3.05) is 31.1 Å². The molecule has 178 valence electrons. The van der Waals surface area contributed by atoms with Gasteiger partial charge in [-0.1, -0.05) is 11.6 Å². The summed E-state index contributed by atoms with van der Waals surface area (Å²) in [5.41, 5.74) is 5.08. The first-order chi connectivity index (χ1) is 17.7. The lowest BCUT2D eigenvalue weighted by Gasteiger charge is -2.28. The lowest BCUT2D eigenvalue weighted by Crippen LogP contribution is -2.43. The summed E-state index contributed by atoms with van der Waals surface area (Å²) in [7, 11) is 0. The maximum atomic E-state index is 14.7. The maximum Gasteiger partial charge on any atom is 0.160 e. The summed E-state index contributed by atoms with van der Waals surface area (Å²) in [6, 6.07) is 16.3. The smallest absolute Gasteiger partial charge is 0.160 e. The van der Waals surface area contributed by atoms with E-state index in [9.17, 15) is 4.39 Å². The van der Waals surface area contributed by atoms with Gasteiger partial charge in [0.1, 0.15) is 11.6 Å². The second kappa shape index (κ2) is 9.60. The first kappa shape index (κ1) is 22.5. The molecule has 0 aliphatic carbocycles. The molecule has 0 unspecified atom stereocenters.